The lowest BCUT2D eigenvalue weighted by Crippen LogP contribution is -2.25. The third-order valence-corrected chi connectivity index (χ3v) is 3.36. The molecule has 17 heavy (non-hydrogen) atoms. The van der Waals surface area contributed by atoms with Crippen molar-refractivity contribution in [3.63, 3.8) is 0 Å². The molecule has 1 unspecified atom stereocenters. The molecule has 0 saturated heterocycles. The lowest BCUT2D eigenvalue weighted by atomic mass is 10.1. The summed E-state index contributed by atoms with van der Waals surface area (Å²) in [5, 5.41) is 8.66. The van der Waals surface area contributed by atoms with Gasteiger partial charge in [0.05, 0.1) is 6.42 Å². The average molecular weight is 237 g/mol. The summed E-state index contributed by atoms with van der Waals surface area (Å²) in [4.78, 5) is 12.5. The number of hydrogen-bond donors (Lipinski definition) is 1. The van der Waals surface area contributed by atoms with E-state index < -0.39 is 5.97 Å². The van der Waals surface area contributed by atoms with Gasteiger partial charge in [-0.25, -0.2) is 4.39 Å². The van der Waals surface area contributed by atoms with Crippen molar-refractivity contribution in [3.05, 3.63) is 35.1 Å². The molecular formula is C13H16FNO2. The largest absolute Gasteiger partial charge is 0.481 e. The minimum atomic E-state index is -0.797. The van der Waals surface area contributed by atoms with E-state index in [0.717, 1.165) is 18.4 Å². The van der Waals surface area contributed by atoms with Crippen LogP contribution in [-0.2, 0) is 11.2 Å². The van der Waals surface area contributed by atoms with Crippen molar-refractivity contribution < 1.29 is 14.3 Å². The third-order valence-electron chi connectivity index (χ3n) is 3.36. The van der Waals surface area contributed by atoms with Crippen LogP contribution in [0.1, 0.15) is 30.0 Å². The van der Waals surface area contributed by atoms with Gasteiger partial charge >= 0.3 is 5.97 Å². The monoisotopic (exact) mass is 237 g/mol. The molecule has 0 aromatic heterocycles. The van der Waals surface area contributed by atoms with Gasteiger partial charge in [0.25, 0.3) is 0 Å². The van der Waals surface area contributed by atoms with E-state index in [1.54, 1.807) is 6.07 Å². The maximum absolute atomic E-state index is 13.2. The Morgan fingerprint density at radius 1 is 1.59 bits per heavy atom. The second kappa shape index (κ2) is 4.84. The van der Waals surface area contributed by atoms with Crippen LogP contribution in [0.5, 0.6) is 0 Å². The highest BCUT2D eigenvalue weighted by Crippen LogP contribution is 2.35. The Labute approximate surface area is 99.9 Å². The van der Waals surface area contributed by atoms with E-state index >= 15 is 0 Å². The van der Waals surface area contributed by atoms with E-state index in [1.165, 1.54) is 11.6 Å². The van der Waals surface area contributed by atoms with Crippen LogP contribution in [0, 0.1) is 5.82 Å². The number of fused-ring (bicyclic) bond motifs is 1. The van der Waals surface area contributed by atoms with Crippen molar-refractivity contribution in [3.8, 4) is 0 Å². The number of rotatable bonds is 4. The quantitative estimate of drug-likeness (QED) is 0.873. The van der Waals surface area contributed by atoms with Crippen LogP contribution in [0.3, 0.4) is 0 Å². The van der Waals surface area contributed by atoms with Gasteiger partial charge in [-0.3, -0.25) is 9.69 Å². The highest BCUT2D eigenvalue weighted by atomic mass is 19.1. The molecule has 0 spiro atoms. The zero-order valence-electron chi connectivity index (χ0n) is 9.82. The molecule has 1 aliphatic rings. The summed E-state index contributed by atoms with van der Waals surface area (Å²) in [6.45, 7) is 0.496. The van der Waals surface area contributed by atoms with E-state index in [1.807, 2.05) is 18.0 Å². The number of carbonyl (C=O) groups is 1. The number of halogens is 1. The minimum absolute atomic E-state index is 0.123. The molecule has 1 N–H and O–H groups in total. The van der Waals surface area contributed by atoms with Crippen LogP contribution >= 0.6 is 0 Å². The molecule has 0 radical (unpaired) electrons. The first-order chi connectivity index (χ1) is 8.08. The van der Waals surface area contributed by atoms with E-state index in [9.17, 15) is 9.18 Å². The molecule has 4 heteroatoms. The molecule has 1 aromatic rings. The number of nitrogens with zero attached hydrogens (tertiary/aromatic N) is 1. The zero-order valence-corrected chi connectivity index (χ0v) is 9.82. The SMILES string of the molecule is CN(CCC(=O)O)C1CCc2ccc(F)cc21. The van der Waals surface area contributed by atoms with Crippen LogP contribution in [0.2, 0.25) is 0 Å². The fourth-order valence-electron chi connectivity index (χ4n) is 2.44. The number of benzene rings is 1. The summed E-state index contributed by atoms with van der Waals surface area (Å²) in [6, 6.07) is 5.04. The Balaban J connectivity index is 2.10. The molecule has 92 valence electrons. The molecule has 1 aromatic carbocycles. The van der Waals surface area contributed by atoms with Gasteiger partial charge in [0.2, 0.25) is 0 Å². The number of aliphatic carboxylic acids is 1. The van der Waals surface area contributed by atoms with Gasteiger partial charge in [-0.2, -0.15) is 0 Å². The second-order valence-electron chi connectivity index (χ2n) is 4.52. The number of aryl methyl sites for hydroxylation is 1. The maximum Gasteiger partial charge on any atom is 0.304 e. The summed E-state index contributed by atoms with van der Waals surface area (Å²) in [5.74, 6) is -1.02. The number of carboxylic acid groups (broad SMARTS) is 1. The van der Waals surface area contributed by atoms with Gasteiger partial charge in [-0.1, -0.05) is 6.07 Å². The number of hydrogen-bond acceptors (Lipinski definition) is 2. The first kappa shape index (κ1) is 12.0. The first-order valence-corrected chi connectivity index (χ1v) is 5.78. The molecule has 2 rings (SSSR count). The number of carboxylic acids is 1. The lowest BCUT2D eigenvalue weighted by molar-refractivity contribution is -0.137. The predicted octanol–water partition coefficient (Wildman–Crippen LogP) is 2.22. The van der Waals surface area contributed by atoms with Crippen molar-refractivity contribution in [1.82, 2.24) is 4.90 Å². The van der Waals surface area contributed by atoms with Crippen molar-refractivity contribution >= 4 is 5.97 Å². The van der Waals surface area contributed by atoms with Gasteiger partial charge in [-0.15, -0.1) is 0 Å². The highest BCUT2D eigenvalue weighted by Gasteiger charge is 2.26. The Bertz CT molecular complexity index is 433. The molecule has 0 aliphatic heterocycles. The van der Waals surface area contributed by atoms with E-state index in [4.69, 9.17) is 5.11 Å². The van der Waals surface area contributed by atoms with Crippen molar-refractivity contribution in [2.45, 2.75) is 25.3 Å². The summed E-state index contributed by atoms with van der Waals surface area (Å²) in [7, 11) is 1.90. The minimum Gasteiger partial charge on any atom is -0.481 e. The third kappa shape index (κ3) is 2.64. The van der Waals surface area contributed by atoms with Crippen LogP contribution < -0.4 is 0 Å². The zero-order chi connectivity index (χ0) is 12.4. The Hall–Kier alpha value is -1.42. The van der Waals surface area contributed by atoms with E-state index in [-0.39, 0.29) is 18.3 Å². The molecular weight excluding hydrogens is 221 g/mol. The topological polar surface area (TPSA) is 40.5 Å². The predicted molar refractivity (Wildman–Crippen MR) is 62.3 cm³/mol. The van der Waals surface area contributed by atoms with Crippen molar-refractivity contribution in [2.75, 3.05) is 13.6 Å². The highest BCUT2D eigenvalue weighted by molar-refractivity contribution is 5.66. The standard InChI is InChI=1S/C13H16FNO2/c1-15(7-6-13(16)17)12-5-3-9-2-4-10(14)8-11(9)12/h2,4,8,12H,3,5-7H2,1H3,(H,16,17). The average Bonchev–Trinajstić information content (AvgIpc) is 2.68. The van der Waals surface area contributed by atoms with Gasteiger partial charge in [0, 0.05) is 12.6 Å². The van der Waals surface area contributed by atoms with E-state index in [0.29, 0.717) is 6.54 Å². The molecule has 1 atom stereocenters. The molecule has 1 aliphatic carbocycles. The molecule has 0 amide bonds. The van der Waals surface area contributed by atoms with Crippen LogP contribution in [0.25, 0.3) is 0 Å². The fourth-order valence-corrected chi connectivity index (χ4v) is 2.44. The smallest absolute Gasteiger partial charge is 0.304 e. The molecule has 0 heterocycles. The Morgan fingerprint density at radius 3 is 3.06 bits per heavy atom. The van der Waals surface area contributed by atoms with Crippen LogP contribution in [0.15, 0.2) is 18.2 Å². The van der Waals surface area contributed by atoms with Crippen LogP contribution in [0.4, 0.5) is 4.39 Å². The second-order valence-corrected chi connectivity index (χ2v) is 4.52. The van der Waals surface area contributed by atoms with Gasteiger partial charge in [0.1, 0.15) is 5.82 Å². The Kier molecular flexibility index (Phi) is 3.43. The molecule has 0 fully saturated rings. The fraction of sp³-hybridized carbons (Fsp3) is 0.462. The first-order valence-electron chi connectivity index (χ1n) is 5.78. The molecule has 0 bridgehead atoms. The Morgan fingerprint density at radius 2 is 2.35 bits per heavy atom. The summed E-state index contributed by atoms with van der Waals surface area (Å²) >= 11 is 0. The summed E-state index contributed by atoms with van der Waals surface area (Å²) in [6.07, 6.45) is 2.00. The maximum atomic E-state index is 13.2. The summed E-state index contributed by atoms with van der Waals surface area (Å²) in [5.41, 5.74) is 2.19. The van der Waals surface area contributed by atoms with Crippen molar-refractivity contribution in [1.29, 1.82) is 0 Å². The van der Waals surface area contributed by atoms with Gasteiger partial charge in [0.15, 0.2) is 0 Å². The van der Waals surface area contributed by atoms with Crippen molar-refractivity contribution in [2.24, 2.45) is 0 Å². The molecule has 0 saturated carbocycles. The normalized spacial score (nSPS) is 18.4. The van der Waals surface area contributed by atoms with Gasteiger partial charge < -0.3 is 5.11 Å². The van der Waals surface area contributed by atoms with Gasteiger partial charge in [-0.05, 0) is 43.1 Å². The molecule has 3 nitrogen and oxygen atoms in total. The van der Waals surface area contributed by atoms with E-state index in [2.05, 4.69) is 0 Å². The lowest BCUT2D eigenvalue weighted by Gasteiger charge is -2.24. The van der Waals surface area contributed by atoms with Crippen LogP contribution in [-0.4, -0.2) is 29.6 Å². The summed E-state index contributed by atoms with van der Waals surface area (Å²) < 4.78 is 13.2.